The molecule has 0 amide bonds. The number of benzene rings is 2. The molecule has 0 radical (unpaired) electrons. The molecule has 0 saturated heterocycles. The molecule has 1 aliphatic carbocycles. The van der Waals surface area contributed by atoms with Gasteiger partial charge in [-0.15, -0.1) is 0 Å². The smallest absolute Gasteiger partial charge is 0.124 e. The zero-order chi connectivity index (χ0) is 16.3. The minimum absolute atomic E-state index is 0.422. The van der Waals surface area contributed by atoms with Crippen LogP contribution in [0.3, 0.4) is 0 Å². The van der Waals surface area contributed by atoms with Gasteiger partial charge in [-0.25, -0.2) is 0 Å². The molecule has 1 heterocycles. The number of hydrogen-bond acceptors (Lipinski definition) is 2. The molecule has 2 atom stereocenters. The Morgan fingerprint density at radius 3 is 2.61 bits per heavy atom. The fraction of sp³-hybridized carbons (Fsp3) is 0.429. The second-order valence-electron chi connectivity index (χ2n) is 7.35. The number of fused-ring (bicyclic) bond motifs is 5. The maximum absolute atomic E-state index is 5.62. The van der Waals surface area contributed by atoms with Gasteiger partial charge in [-0.1, -0.05) is 32.0 Å². The Morgan fingerprint density at radius 1 is 1.13 bits per heavy atom. The van der Waals surface area contributed by atoms with E-state index in [1.807, 2.05) is 0 Å². The van der Waals surface area contributed by atoms with E-state index in [-0.39, 0.29) is 0 Å². The quantitative estimate of drug-likeness (QED) is 0.819. The van der Waals surface area contributed by atoms with Gasteiger partial charge in [0.1, 0.15) is 5.75 Å². The van der Waals surface area contributed by atoms with E-state index < -0.39 is 0 Å². The first-order valence-electron chi connectivity index (χ1n) is 8.58. The molecule has 2 nitrogen and oxygen atoms in total. The molecule has 0 unspecified atom stereocenters. The zero-order valence-corrected chi connectivity index (χ0v) is 14.7. The maximum atomic E-state index is 5.62. The van der Waals surface area contributed by atoms with Gasteiger partial charge in [-0.2, -0.15) is 0 Å². The van der Waals surface area contributed by atoms with Crippen molar-refractivity contribution in [2.45, 2.75) is 52.0 Å². The van der Waals surface area contributed by atoms with Crippen LogP contribution in [0.2, 0.25) is 0 Å². The van der Waals surface area contributed by atoms with Crippen LogP contribution in [0.5, 0.6) is 5.75 Å². The van der Waals surface area contributed by atoms with Crippen LogP contribution < -0.4 is 10.1 Å². The van der Waals surface area contributed by atoms with E-state index in [1.165, 1.54) is 39.1 Å². The van der Waals surface area contributed by atoms with Crippen molar-refractivity contribution >= 4 is 5.69 Å². The van der Waals surface area contributed by atoms with Crippen molar-refractivity contribution < 1.29 is 4.74 Å². The van der Waals surface area contributed by atoms with Crippen molar-refractivity contribution in [3.8, 4) is 5.75 Å². The van der Waals surface area contributed by atoms with E-state index in [0.717, 1.165) is 12.2 Å². The van der Waals surface area contributed by atoms with Gasteiger partial charge in [0.15, 0.2) is 0 Å². The van der Waals surface area contributed by atoms with Crippen LogP contribution in [0.4, 0.5) is 5.69 Å². The lowest BCUT2D eigenvalue weighted by Gasteiger charge is -2.16. The van der Waals surface area contributed by atoms with Gasteiger partial charge in [0.25, 0.3) is 0 Å². The first kappa shape index (κ1) is 14.6. The lowest BCUT2D eigenvalue weighted by molar-refractivity contribution is 0.408. The Balaban J connectivity index is 1.80. The van der Waals surface area contributed by atoms with Crippen molar-refractivity contribution in [3.05, 3.63) is 57.6 Å². The minimum Gasteiger partial charge on any atom is -0.496 e. The molecular weight excluding hydrogens is 282 g/mol. The molecule has 1 N–H and O–H groups in total. The van der Waals surface area contributed by atoms with Crippen LogP contribution in [0.1, 0.15) is 65.1 Å². The fourth-order valence-electron chi connectivity index (χ4n) is 4.47. The standard InChI is InChI=1S/C21H25NO/c1-11(2)14-6-7-19-16(9-14)18-10-15-13(4)21(23-5)12(3)8-17(15)20(18)22-19/h6-9,11,18,20,22H,10H2,1-5H3/t18-,20-/m0/s1. The molecule has 2 aromatic carbocycles. The van der Waals surface area contributed by atoms with Gasteiger partial charge in [0, 0.05) is 11.6 Å². The molecule has 1 aliphatic heterocycles. The first-order valence-corrected chi connectivity index (χ1v) is 8.58. The highest BCUT2D eigenvalue weighted by Gasteiger charge is 2.41. The van der Waals surface area contributed by atoms with Crippen molar-refractivity contribution in [1.82, 2.24) is 0 Å². The van der Waals surface area contributed by atoms with Crippen LogP contribution in [-0.2, 0) is 6.42 Å². The Hall–Kier alpha value is -1.96. The lowest BCUT2D eigenvalue weighted by atomic mass is 9.92. The third kappa shape index (κ3) is 2.00. The number of nitrogens with one attached hydrogen (secondary N) is 1. The highest BCUT2D eigenvalue weighted by molar-refractivity contribution is 5.67. The van der Waals surface area contributed by atoms with Crippen molar-refractivity contribution in [2.24, 2.45) is 0 Å². The predicted octanol–water partition coefficient (Wildman–Crippen LogP) is 5.24. The van der Waals surface area contributed by atoms with E-state index in [4.69, 9.17) is 4.74 Å². The summed E-state index contributed by atoms with van der Waals surface area (Å²) in [5.41, 5.74) is 9.76. The second kappa shape index (κ2) is 5.02. The van der Waals surface area contributed by atoms with Crippen molar-refractivity contribution in [2.75, 3.05) is 12.4 Å². The van der Waals surface area contributed by atoms with Gasteiger partial charge in [0.05, 0.1) is 13.2 Å². The molecule has 0 spiro atoms. The highest BCUT2D eigenvalue weighted by Crippen LogP contribution is 2.53. The summed E-state index contributed by atoms with van der Waals surface area (Å²) in [6.45, 7) is 8.89. The predicted molar refractivity (Wildman–Crippen MR) is 95.8 cm³/mol. The summed E-state index contributed by atoms with van der Waals surface area (Å²) in [5.74, 6) is 2.19. The maximum Gasteiger partial charge on any atom is 0.124 e. The number of hydrogen-bond donors (Lipinski definition) is 1. The van der Waals surface area contributed by atoms with Crippen molar-refractivity contribution in [1.29, 1.82) is 0 Å². The highest BCUT2D eigenvalue weighted by atomic mass is 16.5. The molecule has 0 saturated carbocycles. The third-order valence-electron chi connectivity index (χ3n) is 5.69. The number of anilines is 1. The summed E-state index contributed by atoms with van der Waals surface area (Å²) in [6, 6.07) is 9.71. The monoisotopic (exact) mass is 307 g/mol. The Labute approximate surface area is 138 Å². The average Bonchev–Trinajstić information content (AvgIpc) is 3.04. The molecular formula is C21H25NO. The molecule has 4 rings (SSSR count). The van der Waals surface area contributed by atoms with E-state index >= 15 is 0 Å². The van der Waals surface area contributed by atoms with E-state index in [2.05, 4.69) is 57.3 Å². The van der Waals surface area contributed by atoms with Gasteiger partial charge >= 0.3 is 0 Å². The Bertz CT molecular complexity index is 791. The van der Waals surface area contributed by atoms with Crippen molar-refractivity contribution in [3.63, 3.8) is 0 Å². The van der Waals surface area contributed by atoms with Gasteiger partial charge in [-0.05, 0) is 65.6 Å². The summed E-state index contributed by atoms with van der Waals surface area (Å²) in [6.07, 6.45) is 1.12. The third-order valence-corrected chi connectivity index (χ3v) is 5.69. The molecule has 120 valence electrons. The van der Waals surface area contributed by atoms with E-state index in [0.29, 0.717) is 17.9 Å². The molecule has 0 fully saturated rings. The SMILES string of the molecule is COc1c(C)cc2c(c1C)C[C@H]1c3cc(C(C)C)ccc3N[C@@H]21. The van der Waals surface area contributed by atoms with Crippen LogP contribution in [0.25, 0.3) is 0 Å². The Kier molecular flexibility index (Phi) is 3.19. The number of aryl methyl sites for hydroxylation is 1. The van der Waals surface area contributed by atoms with E-state index in [9.17, 15) is 0 Å². The van der Waals surface area contributed by atoms with Crippen LogP contribution >= 0.6 is 0 Å². The molecule has 2 heteroatoms. The number of methoxy groups -OCH3 is 1. The van der Waals surface area contributed by atoms with Crippen LogP contribution in [0, 0.1) is 13.8 Å². The molecule has 23 heavy (non-hydrogen) atoms. The molecule has 0 bridgehead atoms. The number of rotatable bonds is 2. The average molecular weight is 307 g/mol. The zero-order valence-electron chi connectivity index (χ0n) is 14.7. The molecule has 2 aromatic rings. The summed E-state index contributed by atoms with van der Waals surface area (Å²) in [4.78, 5) is 0. The van der Waals surface area contributed by atoms with Gasteiger partial charge in [0.2, 0.25) is 0 Å². The van der Waals surface area contributed by atoms with Gasteiger partial charge in [-0.3, -0.25) is 0 Å². The Morgan fingerprint density at radius 2 is 1.91 bits per heavy atom. The molecule has 0 aromatic heterocycles. The minimum atomic E-state index is 0.422. The first-order chi connectivity index (χ1) is 11.0. The largest absolute Gasteiger partial charge is 0.496 e. The van der Waals surface area contributed by atoms with E-state index in [1.54, 1.807) is 7.11 Å². The molecule has 2 aliphatic rings. The normalized spacial score (nSPS) is 21.0. The number of ether oxygens (including phenoxy) is 1. The summed E-state index contributed by atoms with van der Waals surface area (Å²) >= 11 is 0. The second-order valence-corrected chi connectivity index (χ2v) is 7.35. The van der Waals surface area contributed by atoms with Crippen LogP contribution in [0.15, 0.2) is 24.3 Å². The fourth-order valence-corrected chi connectivity index (χ4v) is 4.47. The van der Waals surface area contributed by atoms with Gasteiger partial charge < -0.3 is 10.1 Å². The lowest BCUT2D eigenvalue weighted by Crippen LogP contribution is -2.06. The topological polar surface area (TPSA) is 21.3 Å². The van der Waals surface area contributed by atoms with Crippen LogP contribution in [-0.4, -0.2) is 7.11 Å². The summed E-state index contributed by atoms with van der Waals surface area (Å²) in [5, 5.41) is 3.77. The summed E-state index contributed by atoms with van der Waals surface area (Å²) in [7, 11) is 1.78. The summed E-state index contributed by atoms with van der Waals surface area (Å²) < 4.78 is 5.62.